The Balaban J connectivity index is 1.93. The van der Waals surface area contributed by atoms with Crippen LogP contribution in [-0.4, -0.2) is 43.8 Å². The molecule has 0 aromatic heterocycles. The van der Waals surface area contributed by atoms with Crippen LogP contribution >= 0.6 is 15.9 Å². The Bertz CT molecular complexity index is 407. The fraction of sp³-hybridized carbons (Fsp3) is 0.462. The highest BCUT2D eigenvalue weighted by molar-refractivity contribution is 9.10. The fourth-order valence-electron chi connectivity index (χ4n) is 1.97. The van der Waals surface area contributed by atoms with Crippen LogP contribution in [0.15, 0.2) is 28.7 Å². The highest BCUT2D eigenvalue weighted by Gasteiger charge is 2.27. The van der Waals surface area contributed by atoms with Gasteiger partial charge in [0.2, 0.25) is 0 Å². The maximum atomic E-state index is 11.4. The van der Waals surface area contributed by atoms with Gasteiger partial charge in [0.05, 0.1) is 13.7 Å². The number of benzene rings is 1. The van der Waals surface area contributed by atoms with Crippen molar-refractivity contribution in [2.45, 2.75) is 12.6 Å². The van der Waals surface area contributed by atoms with E-state index >= 15 is 0 Å². The molecule has 5 heteroatoms. The van der Waals surface area contributed by atoms with Gasteiger partial charge < -0.3 is 9.47 Å². The number of ether oxygens (including phenoxy) is 2. The predicted molar refractivity (Wildman–Crippen MR) is 71.2 cm³/mol. The summed E-state index contributed by atoms with van der Waals surface area (Å²) in [6, 6.07) is 8.19. The molecular formula is C13H16BrNO3. The molecule has 1 heterocycles. The van der Waals surface area contributed by atoms with Crippen LogP contribution < -0.4 is 0 Å². The van der Waals surface area contributed by atoms with Crippen molar-refractivity contribution >= 4 is 21.9 Å². The summed E-state index contributed by atoms with van der Waals surface area (Å²) in [6.07, 6.45) is -0.459. The first-order valence-corrected chi connectivity index (χ1v) is 6.64. The van der Waals surface area contributed by atoms with Gasteiger partial charge >= 0.3 is 5.97 Å². The molecule has 0 amide bonds. The molecule has 1 aromatic rings. The molecule has 1 aromatic carbocycles. The number of nitrogens with zero attached hydrogens (tertiary/aromatic N) is 1. The maximum Gasteiger partial charge on any atom is 0.336 e. The number of hydrogen-bond acceptors (Lipinski definition) is 4. The number of carbonyl (C=O) groups excluding carboxylic acids is 1. The van der Waals surface area contributed by atoms with Gasteiger partial charge in [0, 0.05) is 24.1 Å². The zero-order valence-corrected chi connectivity index (χ0v) is 11.9. The predicted octanol–water partition coefficient (Wildman–Crippen LogP) is 1.82. The molecule has 0 radical (unpaired) electrons. The van der Waals surface area contributed by atoms with Crippen molar-refractivity contribution in [2.24, 2.45) is 0 Å². The Morgan fingerprint density at radius 3 is 2.89 bits per heavy atom. The second-order valence-electron chi connectivity index (χ2n) is 4.24. The van der Waals surface area contributed by atoms with Crippen LogP contribution in [-0.2, 0) is 20.8 Å². The lowest BCUT2D eigenvalue weighted by atomic mass is 10.2. The summed E-state index contributed by atoms with van der Waals surface area (Å²) < 4.78 is 11.2. The molecule has 0 spiro atoms. The zero-order chi connectivity index (χ0) is 13.0. The summed E-state index contributed by atoms with van der Waals surface area (Å²) in [7, 11) is 1.39. The first kappa shape index (κ1) is 13.5. The van der Waals surface area contributed by atoms with Crippen molar-refractivity contribution in [3.63, 3.8) is 0 Å². The number of halogens is 1. The van der Waals surface area contributed by atoms with Gasteiger partial charge in [-0.05, 0) is 17.7 Å². The summed E-state index contributed by atoms with van der Waals surface area (Å²) >= 11 is 3.41. The number of rotatable bonds is 3. The van der Waals surface area contributed by atoms with E-state index in [9.17, 15) is 4.79 Å². The number of morpholine rings is 1. The highest BCUT2D eigenvalue weighted by atomic mass is 79.9. The SMILES string of the molecule is COC(=O)C1CN(Cc2ccc(Br)cc2)CCO1. The summed E-state index contributed by atoms with van der Waals surface area (Å²) in [5.74, 6) is -0.296. The second kappa shape index (κ2) is 6.31. The third kappa shape index (κ3) is 3.54. The molecule has 1 aliphatic heterocycles. The van der Waals surface area contributed by atoms with E-state index in [1.807, 2.05) is 12.1 Å². The average Bonchev–Trinajstić information content (AvgIpc) is 2.41. The van der Waals surface area contributed by atoms with Crippen LogP contribution in [0.4, 0.5) is 0 Å². The highest BCUT2D eigenvalue weighted by Crippen LogP contribution is 2.14. The van der Waals surface area contributed by atoms with Crippen LogP contribution in [0, 0.1) is 0 Å². The summed E-state index contributed by atoms with van der Waals surface area (Å²) in [5.41, 5.74) is 1.23. The number of esters is 1. The molecule has 1 unspecified atom stereocenters. The van der Waals surface area contributed by atoms with Crippen LogP contribution in [0.1, 0.15) is 5.56 Å². The quantitative estimate of drug-likeness (QED) is 0.798. The number of hydrogen-bond donors (Lipinski definition) is 0. The minimum Gasteiger partial charge on any atom is -0.467 e. The summed E-state index contributed by atoms with van der Waals surface area (Å²) in [4.78, 5) is 13.6. The van der Waals surface area contributed by atoms with Gasteiger partial charge in [0.25, 0.3) is 0 Å². The fourth-order valence-corrected chi connectivity index (χ4v) is 2.23. The Morgan fingerprint density at radius 2 is 2.22 bits per heavy atom. The molecule has 18 heavy (non-hydrogen) atoms. The van der Waals surface area contributed by atoms with Crippen LogP contribution in [0.25, 0.3) is 0 Å². The van der Waals surface area contributed by atoms with Crippen LogP contribution in [0.3, 0.4) is 0 Å². The van der Waals surface area contributed by atoms with Crippen molar-refractivity contribution in [1.29, 1.82) is 0 Å². The van der Waals surface area contributed by atoms with E-state index in [-0.39, 0.29) is 5.97 Å². The van der Waals surface area contributed by atoms with Gasteiger partial charge in [-0.1, -0.05) is 28.1 Å². The van der Waals surface area contributed by atoms with E-state index in [2.05, 4.69) is 33.0 Å². The molecule has 0 N–H and O–H groups in total. The molecule has 1 saturated heterocycles. The molecule has 1 aliphatic rings. The third-order valence-corrected chi connectivity index (χ3v) is 3.46. The minimum atomic E-state index is -0.459. The molecule has 2 rings (SSSR count). The van der Waals surface area contributed by atoms with Gasteiger partial charge in [-0.2, -0.15) is 0 Å². The largest absolute Gasteiger partial charge is 0.467 e. The molecule has 0 aliphatic carbocycles. The van der Waals surface area contributed by atoms with Crippen molar-refractivity contribution in [2.75, 3.05) is 26.8 Å². The first-order valence-electron chi connectivity index (χ1n) is 5.85. The van der Waals surface area contributed by atoms with Crippen LogP contribution in [0.2, 0.25) is 0 Å². The third-order valence-electron chi connectivity index (χ3n) is 2.93. The van der Waals surface area contributed by atoms with Gasteiger partial charge in [-0.25, -0.2) is 4.79 Å². The van der Waals surface area contributed by atoms with Crippen molar-refractivity contribution in [1.82, 2.24) is 4.90 Å². The molecule has 1 fully saturated rings. The summed E-state index contributed by atoms with van der Waals surface area (Å²) in [6.45, 7) is 2.81. The van der Waals surface area contributed by atoms with Crippen molar-refractivity contribution < 1.29 is 14.3 Å². The minimum absolute atomic E-state index is 0.296. The first-order chi connectivity index (χ1) is 8.69. The lowest BCUT2D eigenvalue weighted by Crippen LogP contribution is -2.46. The number of methoxy groups -OCH3 is 1. The molecular weight excluding hydrogens is 298 g/mol. The lowest BCUT2D eigenvalue weighted by Gasteiger charge is -2.31. The molecule has 98 valence electrons. The Hall–Kier alpha value is -0.910. The van der Waals surface area contributed by atoms with Gasteiger partial charge in [-0.15, -0.1) is 0 Å². The van der Waals surface area contributed by atoms with Gasteiger partial charge in [0.15, 0.2) is 6.10 Å². The second-order valence-corrected chi connectivity index (χ2v) is 5.16. The normalized spacial score (nSPS) is 20.7. The van der Waals surface area contributed by atoms with E-state index in [1.165, 1.54) is 12.7 Å². The standard InChI is InChI=1S/C13H16BrNO3/c1-17-13(16)12-9-15(6-7-18-12)8-10-2-4-11(14)5-3-10/h2-5,12H,6-9H2,1H3. The van der Waals surface area contributed by atoms with E-state index < -0.39 is 6.10 Å². The topological polar surface area (TPSA) is 38.8 Å². The van der Waals surface area contributed by atoms with Gasteiger partial charge in [0.1, 0.15) is 0 Å². The monoisotopic (exact) mass is 313 g/mol. The Kier molecular flexibility index (Phi) is 4.74. The van der Waals surface area contributed by atoms with Crippen molar-refractivity contribution in [3.8, 4) is 0 Å². The summed E-state index contributed by atoms with van der Waals surface area (Å²) in [5, 5.41) is 0. The Labute approximate surface area is 115 Å². The van der Waals surface area contributed by atoms with E-state index in [1.54, 1.807) is 0 Å². The Morgan fingerprint density at radius 1 is 1.50 bits per heavy atom. The van der Waals surface area contributed by atoms with Crippen molar-refractivity contribution in [3.05, 3.63) is 34.3 Å². The smallest absolute Gasteiger partial charge is 0.336 e. The van der Waals surface area contributed by atoms with Crippen LogP contribution in [0.5, 0.6) is 0 Å². The zero-order valence-electron chi connectivity index (χ0n) is 10.3. The average molecular weight is 314 g/mol. The molecule has 1 atom stereocenters. The lowest BCUT2D eigenvalue weighted by molar-refractivity contribution is -0.160. The van der Waals surface area contributed by atoms with E-state index in [0.29, 0.717) is 13.2 Å². The van der Waals surface area contributed by atoms with E-state index in [4.69, 9.17) is 9.47 Å². The number of carbonyl (C=O) groups is 1. The van der Waals surface area contributed by atoms with Gasteiger partial charge in [-0.3, -0.25) is 4.90 Å². The molecule has 4 nitrogen and oxygen atoms in total. The molecule has 0 bridgehead atoms. The maximum absolute atomic E-state index is 11.4. The van der Waals surface area contributed by atoms with E-state index in [0.717, 1.165) is 17.6 Å². The molecule has 0 saturated carbocycles.